The van der Waals surface area contributed by atoms with Gasteiger partial charge in [0.15, 0.2) is 0 Å². The molecular weight excluding hydrogens is 556 g/mol. The molecule has 2 atom stereocenters. The molecule has 0 aromatic rings. The maximum absolute atomic E-state index is 12.5. The minimum absolute atomic E-state index is 0.127. The molecule has 2 heterocycles. The Morgan fingerprint density at radius 3 is 1.37 bits per heavy atom. The van der Waals surface area contributed by atoms with Gasteiger partial charge in [0.1, 0.15) is 34.5 Å². The van der Waals surface area contributed by atoms with E-state index in [0.29, 0.717) is 13.0 Å². The highest BCUT2D eigenvalue weighted by Gasteiger charge is 2.53. The summed E-state index contributed by atoms with van der Waals surface area (Å²) < 4.78 is 21.4. The van der Waals surface area contributed by atoms with E-state index in [4.69, 9.17) is 18.9 Å². The Morgan fingerprint density at radius 2 is 0.977 bits per heavy atom. The summed E-state index contributed by atoms with van der Waals surface area (Å²) in [7, 11) is 0. The Balaban J connectivity index is 0.000000430. The van der Waals surface area contributed by atoms with Crippen LogP contribution < -0.4 is 0 Å². The Hall–Kier alpha value is -2.85. The van der Waals surface area contributed by atoms with Gasteiger partial charge in [0.05, 0.1) is 0 Å². The predicted molar refractivity (Wildman–Crippen MR) is 162 cm³/mol. The lowest BCUT2D eigenvalue weighted by Gasteiger charge is -2.29. The summed E-state index contributed by atoms with van der Waals surface area (Å²) in [5.74, 6) is -1.37. The van der Waals surface area contributed by atoms with Crippen LogP contribution in [0.1, 0.15) is 124 Å². The van der Waals surface area contributed by atoms with Gasteiger partial charge in [0.25, 0.3) is 0 Å². The summed E-state index contributed by atoms with van der Waals surface area (Å²) >= 11 is 0. The van der Waals surface area contributed by atoms with Crippen molar-refractivity contribution in [3.05, 3.63) is 0 Å². The van der Waals surface area contributed by atoms with Crippen LogP contribution in [0.3, 0.4) is 0 Å². The van der Waals surface area contributed by atoms with Crippen molar-refractivity contribution in [3.8, 4) is 0 Å². The van der Waals surface area contributed by atoms with E-state index in [1.165, 1.54) is 4.90 Å². The second-order valence-corrected chi connectivity index (χ2v) is 16.8. The summed E-state index contributed by atoms with van der Waals surface area (Å²) in [6.45, 7) is 29.2. The van der Waals surface area contributed by atoms with Crippen LogP contribution in [0.25, 0.3) is 0 Å². The zero-order valence-electron chi connectivity index (χ0n) is 29.3. The molecule has 11 heteroatoms. The number of ether oxygens (including phenoxy) is 4. The number of rotatable bonds is 2. The van der Waals surface area contributed by atoms with Gasteiger partial charge in [-0.3, -0.25) is 9.69 Å². The van der Waals surface area contributed by atoms with Crippen molar-refractivity contribution in [1.82, 2.24) is 9.80 Å². The topological polar surface area (TPSA) is 129 Å². The van der Waals surface area contributed by atoms with Gasteiger partial charge in [-0.05, 0) is 101 Å². The molecule has 0 N–H and O–H groups in total. The fourth-order valence-corrected chi connectivity index (χ4v) is 4.57. The Kier molecular flexibility index (Phi) is 11.2. The quantitative estimate of drug-likeness (QED) is 0.262. The van der Waals surface area contributed by atoms with Crippen molar-refractivity contribution >= 4 is 30.0 Å². The molecule has 0 bridgehead atoms. The van der Waals surface area contributed by atoms with Gasteiger partial charge in [0.2, 0.25) is 5.91 Å². The second-order valence-electron chi connectivity index (χ2n) is 16.8. The summed E-state index contributed by atoms with van der Waals surface area (Å²) in [5, 5.41) is 0. The van der Waals surface area contributed by atoms with Crippen LogP contribution in [-0.4, -0.2) is 80.9 Å². The summed E-state index contributed by atoms with van der Waals surface area (Å²) in [6.07, 6.45) is -0.455. The van der Waals surface area contributed by atoms with Gasteiger partial charge >= 0.3 is 24.1 Å². The molecule has 0 aromatic carbocycles. The molecule has 43 heavy (non-hydrogen) atoms. The second kappa shape index (κ2) is 12.6. The highest BCUT2D eigenvalue weighted by molar-refractivity contribution is 6.02. The van der Waals surface area contributed by atoms with Gasteiger partial charge in [-0.2, -0.15) is 0 Å². The molecule has 2 aliphatic heterocycles. The first-order valence-electron chi connectivity index (χ1n) is 14.9. The van der Waals surface area contributed by atoms with Crippen LogP contribution in [0.4, 0.5) is 9.59 Å². The number of nitrogens with zero attached hydrogens (tertiary/aromatic N) is 2. The summed E-state index contributed by atoms with van der Waals surface area (Å²) in [5.41, 5.74) is -3.52. The van der Waals surface area contributed by atoms with Gasteiger partial charge in [-0.15, -0.1) is 0 Å². The van der Waals surface area contributed by atoms with Crippen LogP contribution in [0.5, 0.6) is 0 Å². The average molecular weight is 613 g/mol. The van der Waals surface area contributed by atoms with Crippen LogP contribution in [0, 0.1) is 10.8 Å². The Morgan fingerprint density at radius 1 is 0.605 bits per heavy atom. The maximum atomic E-state index is 12.5. The first-order chi connectivity index (χ1) is 18.8. The van der Waals surface area contributed by atoms with E-state index in [0.717, 1.165) is 4.90 Å². The third-order valence-corrected chi connectivity index (χ3v) is 6.11. The SMILES string of the molecule is CC(C)(C)OC(=O)[C@@H]1CC(C)(C)C(=O)N1C(=O)OC(C)(C)C.CC1(C)C[C@@H](C(=O)OC(C)(C)C)N(C(=O)OC(C)(C)C)C1. The van der Waals surface area contributed by atoms with Crippen LogP contribution in [0.2, 0.25) is 0 Å². The molecule has 248 valence electrons. The van der Waals surface area contributed by atoms with Gasteiger partial charge in [-0.1, -0.05) is 27.7 Å². The van der Waals surface area contributed by atoms with Crippen molar-refractivity contribution in [2.45, 2.75) is 158 Å². The fraction of sp³-hybridized carbons (Fsp3) is 0.844. The number of hydrogen-bond acceptors (Lipinski definition) is 9. The molecular formula is C32H56N2O9. The number of carbonyl (C=O) groups excluding carboxylic acids is 5. The number of likely N-dealkylation sites (tertiary alicyclic amines) is 2. The van der Waals surface area contributed by atoms with Crippen LogP contribution in [0.15, 0.2) is 0 Å². The third-order valence-electron chi connectivity index (χ3n) is 6.11. The summed E-state index contributed by atoms with van der Waals surface area (Å²) in [6, 6.07) is -1.52. The number of amides is 3. The Bertz CT molecular complexity index is 1030. The van der Waals surface area contributed by atoms with Crippen molar-refractivity contribution in [1.29, 1.82) is 0 Å². The van der Waals surface area contributed by atoms with Gasteiger partial charge in [-0.25, -0.2) is 24.1 Å². The third kappa shape index (κ3) is 12.3. The number of carbonyl (C=O) groups is 5. The molecule has 0 radical (unpaired) electrons. The first-order valence-corrected chi connectivity index (χ1v) is 14.9. The smallest absolute Gasteiger partial charge is 0.417 e. The molecule has 11 nitrogen and oxygen atoms in total. The molecule has 2 fully saturated rings. The van der Waals surface area contributed by atoms with E-state index in [2.05, 4.69) is 0 Å². The van der Waals surface area contributed by atoms with Crippen LogP contribution >= 0.6 is 0 Å². The van der Waals surface area contributed by atoms with E-state index in [1.807, 2.05) is 55.4 Å². The highest BCUT2D eigenvalue weighted by atomic mass is 16.6. The van der Waals surface area contributed by atoms with E-state index in [1.54, 1.807) is 55.4 Å². The lowest BCUT2D eigenvalue weighted by atomic mass is 9.90. The zero-order valence-corrected chi connectivity index (χ0v) is 29.3. The molecule has 2 saturated heterocycles. The molecule has 0 spiro atoms. The molecule has 0 unspecified atom stereocenters. The minimum Gasteiger partial charge on any atom is -0.458 e. The summed E-state index contributed by atoms with van der Waals surface area (Å²) in [4.78, 5) is 64.2. The monoisotopic (exact) mass is 612 g/mol. The number of esters is 2. The van der Waals surface area contributed by atoms with Crippen molar-refractivity contribution in [3.63, 3.8) is 0 Å². The van der Waals surface area contributed by atoms with E-state index >= 15 is 0 Å². The molecule has 0 aliphatic carbocycles. The largest absolute Gasteiger partial charge is 0.458 e. The first kappa shape index (κ1) is 38.2. The number of imide groups is 1. The zero-order chi connectivity index (χ0) is 34.1. The molecule has 2 rings (SSSR count). The van der Waals surface area contributed by atoms with Crippen molar-refractivity contribution in [2.75, 3.05) is 6.54 Å². The van der Waals surface area contributed by atoms with Gasteiger partial charge in [0, 0.05) is 12.0 Å². The molecule has 3 amide bonds. The Labute approximate surface area is 258 Å². The number of hydrogen-bond donors (Lipinski definition) is 0. The predicted octanol–water partition coefficient (Wildman–Crippen LogP) is 6.25. The normalized spacial score (nSPS) is 21.9. The van der Waals surface area contributed by atoms with Gasteiger partial charge < -0.3 is 18.9 Å². The van der Waals surface area contributed by atoms with E-state index in [9.17, 15) is 24.0 Å². The molecule has 0 aromatic heterocycles. The van der Waals surface area contributed by atoms with Crippen molar-refractivity contribution < 1.29 is 42.9 Å². The lowest BCUT2D eigenvalue weighted by Crippen LogP contribution is -2.47. The fourth-order valence-electron chi connectivity index (χ4n) is 4.57. The molecule has 0 saturated carbocycles. The minimum atomic E-state index is -0.948. The molecule has 2 aliphatic rings. The highest BCUT2D eigenvalue weighted by Crippen LogP contribution is 2.38. The maximum Gasteiger partial charge on any atom is 0.417 e. The lowest BCUT2D eigenvalue weighted by molar-refractivity contribution is -0.162. The average Bonchev–Trinajstić information content (AvgIpc) is 3.16. The standard InChI is InChI=1S/C16H27NO5.C16H29NO4/c1-14(2,3)21-11(18)10-9-16(7,8)12(19)17(10)13(20)22-15(4,5)6;1-14(2,3)20-12(18)11-9-16(7,8)10-17(11)13(19)21-15(4,5)6/h10H,9H2,1-8H3;11H,9-10H2,1-8H3/t10-;11-/m00/s1. The van der Waals surface area contributed by atoms with Crippen molar-refractivity contribution in [2.24, 2.45) is 10.8 Å². The van der Waals surface area contributed by atoms with E-state index in [-0.39, 0.29) is 17.8 Å². The van der Waals surface area contributed by atoms with Crippen LogP contribution in [-0.2, 0) is 33.3 Å². The van der Waals surface area contributed by atoms with E-state index < -0.39 is 64.0 Å².